The lowest BCUT2D eigenvalue weighted by Gasteiger charge is -2.38. The normalized spacial score (nSPS) is 19.9. The summed E-state index contributed by atoms with van der Waals surface area (Å²) in [6, 6.07) is 11.9. The summed E-state index contributed by atoms with van der Waals surface area (Å²) >= 11 is 0. The third kappa shape index (κ3) is 3.76. The molecule has 0 radical (unpaired) electrons. The van der Waals surface area contributed by atoms with Gasteiger partial charge in [-0.05, 0) is 24.1 Å². The van der Waals surface area contributed by atoms with Gasteiger partial charge in [-0.2, -0.15) is 0 Å². The van der Waals surface area contributed by atoms with Crippen LogP contribution in [0.3, 0.4) is 0 Å². The zero-order valence-corrected chi connectivity index (χ0v) is 14.0. The van der Waals surface area contributed by atoms with Gasteiger partial charge in [-0.1, -0.05) is 36.9 Å². The topological polar surface area (TPSA) is 62.3 Å². The van der Waals surface area contributed by atoms with Gasteiger partial charge in [0.15, 0.2) is 0 Å². The van der Waals surface area contributed by atoms with Crippen molar-refractivity contribution in [1.82, 2.24) is 4.98 Å². The maximum atomic E-state index is 11.7. The fourth-order valence-electron chi connectivity index (χ4n) is 3.33. The molecule has 2 atom stereocenters. The van der Waals surface area contributed by atoms with Gasteiger partial charge < -0.3 is 15.0 Å². The summed E-state index contributed by atoms with van der Waals surface area (Å²) in [4.78, 5) is 29.6. The Morgan fingerprint density at radius 3 is 2.80 bits per heavy atom. The molecule has 0 aliphatic carbocycles. The third-order valence-corrected chi connectivity index (χ3v) is 4.65. The molecule has 1 aliphatic heterocycles. The molecule has 1 amide bonds. The van der Waals surface area contributed by atoms with Crippen LogP contribution in [-0.2, 0) is 9.59 Å². The molecule has 1 N–H and O–H groups in total. The standard InChI is InChI=1S/C20H21N3O2/c1-2-20(25)22-18-8-10-21-12-19(18)23-11-9-16(14-24)17(13-23)15-6-4-3-5-7-15/h2-8,10,12,14,16-17H,1,9,11,13H2,(H,21,22,25). The predicted octanol–water partition coefficient (Wildman–Crippen LogP) is 3.02. The number of nitrogens with zero attached hydrogens (tertiary/aromatic N) is 2. The van der Waals surface area contributed by atoms with Gasteiger partial charge in [0.2, 0.25) is 5.91 Å². The molecule has 1 aliphatic rings. The van der Waals surface area contributed by atoms with Crippen LogP contribution < -0.4 is 10.2 Å². The first-order chi connectivity index (χ1) is 12.2. The molecule has 1 aromatic heterocycles. The van der Waals surface area contributed by atoms with Gasteiger partial charge in [0.1, 0.15) is 6.29 Å². The molecule has 2 unspecified atom stereocenters. The highest BCUT2D eigenvalue weighted by Gasteiger charge is 2.31. The van der Waals surface area contributed by atoms with E-state index in [-0.39, 0.29) is 17.7 Å². The van der Waals surface area contributed by atoms with Crippen LogP contribution in [0.1, 0.15) is 17.9 Å². The first-order valence-corrected chi connectivity index (χ1v) is 8.35. The zero-order chi connectivity index (χ0) is 17.6. The molecule has 1 aromatic carbocycles. The molecular weight excluding hydrogens is 314 g/mol. The number of carbonyl (C=O) groups is 2. The maximum Gasteiger partial charge on any atom is 0.247 e. The summed E-state index contributed by atoms with van der Waals surface area (Å²) in [5.74, 6) is -0.132. The van der Waals surface area contributed by atoms with Crippen molar-refractivity contribution in [3.63, 3.8) is 0 Å². The predicted molar refractivity (Wildman–Crippen MR) is 98.6 cm³/mol. The van der Waals surface area contributed by atoms with Crippen molar-refractivity contribution in [1.29, 1.82) is 0 Å². The number of pyridine rings is 1. The van der Waals surface area contributed by atoms with E-state index in [0.717, 1.165) is 30.5 Å². The van der Waals surface area contributed by atoms with Gasteiger partial charge in [-0.25, -0.2) is 0 Å². The number of hydrogen-bond donors (Lipinski definition) is 1. The van der Waals surface area contributed by atoms with E-state index in [4.69, 9.17) is 0 Å². The Morgan fingerprint density at radius 1 is 1.28 bits per heavy atom. The molecule has 2 aromatic rings. The molecule has 5 heteroatoms. The van der Waals surface area contributed by atoms with Crippen LogP contribution in [-0.4, -0.2) is 30.3 Å². The minimum atomic E-state index is -0.255. The highest BCUT2D eigenvalue weighted by Crippen LogP contribution is 2.35. The Bertz CT molecular complexity index is 761. The van der Waals surface area contributed by atoms with Crippen LogP contribution in [0.25, 0.3) is 0 Å². The molecule has 128 valence electrons. The summed E-state index contributed by atoms with van der Waals surface area (Å²) in [7, 11) is 0. The van der Waals surface area contributed by atoms with Crippen molar-refractivity contribution in [3.05, 3.63) is 67.0 Å². The summed E-state index contributed by atoms with van der Waals surface area (Å²) < 4.78 is 0. The van der Waals surface area contributed by atoms with Gasteiger partial charge in [-0.15, -0.1) is 0 Å². The number of anilines is 2. The average Bonchev–Trinajstić information content (AvgIpc) is 2.68. The van der Waals surface area contributed by atoms with Crippen molar-refractivity contribution in [2.75, 3.05) is 23.3 Å². The number of benzene rings is 1. The molecule has 0 bridgehead atoms. The largest absolute Gasteiger partial charge is 0.368 e. The number of aromatic nitrogens is 1. The Hall–Kier alpha value is -2.95. The van der Waals surface area contributed by atoms with E-state index < -0.39 is 0 Å². The highest BCUT2D eigenvalue weighted by molar-refractivity contribution is 6.01. The number of hydrogen-bond acceptors (Lipinski definition) is 4. The number of nitrogens with one attached hydrogen (secondary N) is 1. The van der Waals surface area contributed by atoms with Gasteiger partial charge in [0.05, 0.1) is 17.6 Å². The molecule has 0 spiro atoms. The van der Waals surface area contributed by atoms with E-state index in [1.54, 1.807) is 18.5 Å². The second kappa shape index (κ2) is 7.75. The lowest BCUT2D eigenvalue weighted by Crippen LogP contribution is -2.40. The van der Waals surface area contributed by atoms with Crippen LogP contribution in [0.5, 0.6) is 0 Å². The zero-order valence-electron chi connectivity index (χ0n) is 14.0. The van der Waals surface area contributed by atoms with Crippen LogP contribution in [0.4, 0.5) is 11.4 Å². The van der Waals surface area contributed by atoms with Crippen molar-refractivity contribution >= 4 is 23.6 Å². The lowest BCUT2D eigenvalue weighted by atomic mass is 9.81. The molecule has 25 heavy (non-hydrogen) atoms. The molecular formula is C20H21N3O2. The van der Waals surface area contributed by atoms with Crippen molar-refractivity contribution in [2.24, 2.45) is 5.92 Å². The summed E-state index contributed by atoms with van der Waals surface area (Å²) in [6.07, 6.45) is 6.48. The van der Waals surface area contributed by atoms with Crippen molar-refractivity contribution in [3.8, 4) is 0 Å². The first kappa shape index (κ1) is 16.9. The van der Waals surface area contributed by atoms with E-state index >= 15 is 0 Å². The minimum absolute atomic E-state index is 0.00142. The quantitative estimate of drug-likeness (QED) is 0.674. The number of rotatable bonds is 5. The summed E-state index contributed by atoms with van der Waals surface area (Å²) in [6.45, 7) is 4.94. The highest BCUT2D eigenvalue weighted by atomic mass is 16.1. The number of aldehydes is 1. The first-order valence-electron chi connectivity index (χ1n) is 8.35. The van der Waals surface area contributed by atoms with E-state index in [2.05, 4.69) is 33.9 Å². The Kier molecular flexibility index (Phi) is 5.23. The van der Waals surface area contributed by atoms with Gasteiger partial charge in [0.25, 0.3) is 0 Å². The van der Waals surface area contributed by atoms with Gasteiger partial charge in [0, 0.05) is 31.1 Å². The molecule has 1 saturated heterocycles. The molecule has 1 fully saturated rings. The van der Waals surface area contributed by atoms with E-state index in [1.165, 1.54) is 6.08 Å². The maximum absolute atomic E-state index is 11.7. The molecule has 0 saturated carbocycles. The van der Waals surface area contributed by atoms with Crippen LogP contribution in [0.15, 0.2) is 61.4 Å². The third-order valence-electron chi connectivity index (χ3n) is 4.65. The molecule has 5 nitrogen and oxygen atoms in total. The number of amides is 1. The summed E-state index contributed by atoms with van der Waals surface area (Å²) in [5, 5.41) is 2.83. The Balaban J connectivity index is 1.88. The average molecular weight is 335 g/mol. The van der Waals surface area contributed by atoms with Crippen LogP contribution in [0, 0.1) is 5.92 Å². The smallest absolute Gasteiger partial charge is 0.247 e. The lowest BCUT2D eigenvalue weighted by molar-refractivity contribution is -0.112. The van der Waals surface area contributed by atoms with E-state index in [1.807, 2.05) is 18.2 Å². The van der Waals surface area contributed by atoms with E-state index in [9.17, 15) is 9.59 Å². The second-order valence-electron chi connectivity index (χ2n) is 6.14. The van der Waals surface area contributed by atoms with Crippen LogP contribution in [0.2, 0.25) is 0 Å². The molecule has 2 heterocycles. The number of carbonyl (C=O) groups excluding carboxylic acids is 2. The van der Waals surface area contributed by atoms with E-state index in [0.29, 0.717) is 12.2 Å². The van der Waals surface area contributed by atoms with Gasteiger partial charge in [-0.3, -0.25) is 9.78 Å². The fourth-order valence-corrected chi connectivity index (χ4v) is 3.33. The van der Waals surface area contributed by atoms with Crippen molar-refractivity contribution < 1.29 is 9.59 Å². The summed E-state index contributed by atoms with van der Waals surface area (Å²) in [5.41, 5.74) is 2.73. The Morgan fingerprint density at radius 2 is 2.08 bits per heavy atom. The Labute approximate surface area is 147 Å². The SMILES string of the molecule is C=CC(=O)Nc1ccncc1N1CCC(C=O)C(c2ccccc2)C1. The second-order valence-corrected chi connectivity index (χ2v) is 6.14. The monoisotopic (exact) mass is 335 g/mol. The fraction of sp³-hybridized carbons (Fsp3) is 0.250. The number of piperidine rings is 1. The minimum Gasteiger partial charge on any atom is -0.368 e. The van der Waals surface area contributed by atoms with Crippen molar-refractivity contribution in [2.45, 2.75) is 12.3 Å². The molecule has 3 rings (SSSR count). The van der Waals surface area contributed by atoms with Gasteiger partial charge >= 0.3 is 0 Å². The van der Waals surface area contributed by atoms with Crippen LogP contribution >= 0.6 is 0 Å².